The molecule has 3 nitrogen and oxygen atoms in total. The number of hydrogen-bond acceptors (Lipinski definition) is 2. The largest absolute Gasteiger partial charge is 0.388 e. The fraction of sp³-hybridized carbons (Fsp3) is 0.235. The summed E-state index contributed by atoms with van der Waals surface area (Å²) in [6.07, 6.45) is 0.0336. The van der Waals surface area contributed by atoms with Crippen LogP contribution in [0.4, 0.5) is 5.69 Å². The van der Waals surface area contributed by atoms with E-state index < -0.39 is 6.10 Å². The van der Waals surface area contributed by atoms with Gasteiger partial charge in [-0.3, -0.25) is 4.79 Å². The summed E-state index contributed by atoms with van der Waals surface area (Å²) in [6, 6.07) is 12.7. The average molecular weight is 302 g/mol. The van der Waals surface area contributed by atoms with Crippen molar-refractivity contribution in [2.75, 3.05) is 11.4 Å². The molecule has 0 saturated heterocycles. The van der Waals surface area contributed by atoms with Gasteiger partial charge in [0.1, 0.15) is 0 Å². The Morgan fingerprint density at radius 2 is 2.05 bits per heavy atom. The highest BCUT2D eigenvalue weighted by Gasteiger charge is 2.29. The molecule has 1 aliphatic rings. The number of rotatable bonds is 1. The van der Waals surface area contributed by atoms with E-state index in [2.05, 4.69) is 0 Å². The minimum Gasteiger partial charge on any atom is -0.388 e. The van der Waals surface area contributed by atoms with Crippen LogP contribution in [0.3, 0.4) is 0 Å². The number of anilines is 1. The lowest BCUT2D eigenvalue weighted by molar-refractivity contribution is 0.0970. The maximum absolute atomic E-state index is 12.8. The predicted molar refractivity (Wildman–Crippen MR) is 83.9 cm³/mol. The molecule has 1 N–H and O–H groups in total. The first-order valence-electron chi connectivity index (χ1n) is 6.93. The molecule has 0 aromatic heterocycles. The molecule has 1 unspecified atom stereocenters. The van der Waals surface area contributed by atoms with E-state index in [0.29, 0.717) is 23.6 Å². The number of amides is 1. The highest BCUT2D eigenvalue weighted by Crippen LogP contribution is 2.37. The van der Waals surface area contributed by atoms with Gasteiger partial charge >= 0.3 is 0 Å². The third-order valence-corrected chi connectivity index (χ3v) is 4.08. The molecule has 21 heavy (non-hydrogen) atoms. The van der Waals surface area contributed by atoms with Crippen LogP contribution in [0.1, 0.15) is 34.0 Å². The lowest BCUT2D eigenvalue weighted by Crippen LogP contribution is -2.37. The highest BCUT2D eigenvalue weighted by molar-refractivity contribution is 6.31. The van der Waals surface area contributed by atoms with Crippen molar-refractivity contribution < 1.29 is 9.90 Å². The summed E-state index contributed by atoms with van der Waals surface area (Å²) >= 11 is 5.97. The maximum Gasteiger partial charge on any atom is 0.258 e. The monoisotopic (exact) mass is 301 g/mol. The Morgan fingerprint density at radius 3 is 2.81 bits per heavy atom. The minimum absolute atomic E-state index is 0.0834. The summed E-state index contributed by atoms with van der Waals surface area (Å²) in [7, 11) is 0. The number of halogens is 1. The Labute approximate surface area is 128 Å². The first-order chi connectivity index (χ1) is 10.1. The molecule has 0 aliphatic carbocycles. The molecular weight excluding hydrogens is 286 g/mol. The molecule has 0 radical (unpaired) electrons. The zero-order valence-corrected chi connectivity index (χ0v) is 12.5. The van der Waals surface area contributed by atoms with Crippen LogP contribution in [0.5, 0.6) is 0 Å². The third-order valence-electron chi connectivity index (χ3n) is 3.84. The second-order valence-electron chi connectivity index (χ2n) is 5.28. The van der Waals surface area contributed by atoms with E-state index in [4.69, 9.17) is 11.6 Å². The molecule has 0 saturated carbocycles. The number of carbonyl (C=O) groups is 1. The van der Waals surface area contributed by atoms with E-state index in [0.717, 1.165) is 16.8 Å². The second-order valence-corrected chi connectivity index (χ2v) is 5.72. The number of hydrogen-bond donors (Lipinski definition) is 1. The highest BCUT2D eigenvalue weighted by atomic mass is 35.5. The van der Waals surface area contributed by atoms with Crippen LogP contribution in [0.2, 0.25) is 5.02 Å². The summed E-state index contributed by atoms with van der Waals surface area (Å²) in [6.45, 7) is 2.46. The van der Waals surface area contributed by atoms with E-state index in [9.17, 15) is 9.90 Å². The van der Waals surface area contributed by atoms with Gasteiger partial charge in [0.2, 0.25) is 0 Å². The first-order valence-corrected chi connectivity index (χ1v) is 7.31. The zero-order valence-electron chi connectivity index (χ0n) is 11.7. The van der Waals surface area contributed by atoms with Gasteiger partial charge in [-0.25, -0.2) is 0 Å². The minimum atomic E-state index is -0.511. The van der Waals surface area contributed by atoms with Crippen molar-refractivity contribution in [2.24, 2.45) is 0 Å². The van der Waals surface area contributed by atoms with Crippen molar-refractivity contribution in [1.29, 1.82) is 0 Å². The van der Waals surface area contributed by atoms with Crippen molar-refractivity contribution >= 4 is 23.2 Å². The molecule has 4 heteroatoms. The molecule has 0 fully saturated rings. The Morgan fingerprint density at radius 1 is 1.29 bits per heavy atom. The Kier molecular flexibility index (Phi) is 3.70. The second kappa shape index (κ2) is 5.51. The van der Waals surface area contributed by atoms with Gasteiger partial charge in [0.05, 0.1) is 11.8 Å². The Hall–Kier alpha value is -1.84. The number of aryl methyl sites for hydroxylation is 1. The smallest absolute Gasteiger partial charge is 0.258 e. The van der Waals surface area contributed by atoms with Crippen molar-refractivity contribution in [2.45, 2.75) is 19.4 Å². The maximum atomic E-state index is 12.8. The summed E-state index contributed by atoms with van der Waals surface area (Å²) in [4.78, 5) is 14.5. The number of para-hydroxylation sites is 1. The molecule has 1 aliphatic heterocycles. The number of benzene rings is 2. The SMILES string of the molecule is Cc1cccc2c1N(C(=O)c1cccc(Cl)c1)CCC2O. The number of nitrogens with zero attached hydrogens (tertiary/aromatic N) is 1. The molecule has 1 amide bonds. The van der Waals surface area contributed by atoms with Crippen LogP contribution in [0.15, 0.2) is 42.5 Å². The van der Waals surface area contributed by atoms with Gasteiger partial charge < -0.3 is 10.0 Å². The quantitative estimate of drug-likeness (QED) is 0.872. The lowest BCUT2D eigenvalue weighted by Gasteiger charge is -2.33. The molecule has 1 atom stereocenters. The molecule has 2 aromatic carbocycles. The number of carbonyl (C=O) groups excluding carboxylic acids is 1. The number of fused-ring (bicyclic) bond motifs is 1. The molecule has 1 heterocycles. The predicted octanol–water partition coefficient (Wildman–Crippen LogP) is 3.73. The van der Waals surface area contributed by atoms with Gasteiger partial charge in [0.15, 0.2) is 0 Å². The van der Waals surface area contributed by atoms with Gasteiger partial charge in [-0.2, -0.15) is 0 Å². The summed E-state index contributed by atoms with van der Waals surface area (Å²) in [5.41, 5.74) is 3.19. The topological polar surface area (TPSA) is 40.5 Å². The number of aliphatic hydroxyl groups is 1. The van der Waals surface area contributed by atoms with Gasteiger partial charge in [0, 0.05) is 22.7 Å². The van der Waals surface area contributed by atoms with Gasteiger partial charge in [0.25, 0.3) is 5.91 Å². The third kappa shape index (κ3) is 2.55. The van der Waals surface area contributed by atoms with E-state index >= 15 is 0 Å². The molecule has 0 spiro atoms. The summed E-state index contributed by atoms with van der Waals surface area (Å²) in [5, 5.41) is 10.7. The standard InChI is InChI=1S/C17H16ClNO2/c1-11-4-2-7-14-15(20)8-9-19(16(11)14)17(21)12-5-3-6-13(18)10-12/h2-7,10,15,20H,8-9H2,1H3. The molecule has 2 aromatic rings. The van der Waals surface area contributed by atoms with E-state index in [1.54, 1.807) is 29.2 Å². The Bertz CT molecular complexity index is 699. The van der Waals surface area contributed by atoms with Gasteiger partial charge in [-0.1, -0.05) is 35.9 Å². The van der Waals surface area contributed by atoms with Crippen LogP contribution < -0.4 is 4.90 Å². The van der Waals surface area contributed by atoms with Crippen molar-refractivity contribution in [3.63, 3.8) is 0 Å². The molecule has 3 rings (SSSR count). The van der Waals surface area contributed by atoms with E-state index in [1.807, 2.05) is 25.1 Å². The molecular formula is C17H16ClNO2. The van der Waals surface area contributed by atoms with Gasteiger partial charge in [-0.15, -0.1) is 0 Å². The van der Waals surface area contributed by atoms with Crippen LogP contribution in [0, 0.1) is 6.92 Å². The average Bonchev–Trinajstić information content (AvgIpc) is 2.48. The van der Waals surface area contributed by atoms with Gasteiger partial charge in [-0.05, 0) is 37.1 Å². The van der Waals surface area contributed by atoms with Crippen molar-refractivity contribution in [3.05, 3.63) is 64.2 Å². The van der Waals surface area contributed by atoms with Crippen LogP contribution >= 0.6 is 11.6 Å². The van der Waals surface area contributed by atoms with Crippen molar-refractivity contribution in [1.82, 2.24) is 0 Å². The zero-order chi connectivity index (χ0) is 15.0. The van der Waals surface area contributed by atoms with Crippen LogP contribution in [0.25, 0.3) is 0 Å². The fourth-order valence-corrected chi connectivity index (χ4v) is 3.01. The van der Waals surface area contributed by atoms with E-state index in [-0.39, 0.29) is 5.91 Å². The van der Waals surface area contributed by atoms with E-state index in [1.165, 1.54) is 0 Å². The molecule has 0 bridgehead atoms. The number of aliphatic hydroxyl groups excluding tert-OH is 1. The van der Waals surface area contributed by atoms with Crippen LogP contribution in [-0.4, -0.2) is 17.6 Å². The normalized spacial score (nSPS) is 17.5. The van der Waals surface area contributed by atoms with Crippen molar-refractivity contribution in [3.8, 4) is 0 Å². The molecule has 108 valence electrons. The lowest BCUT2D eigenvalue weighted by atomic mass is 9.95. The first kappa shape index (κ1) is 14.1. The fourth-order valence-electron chi connectivity index (χ4n) is 2.82. The van der Waals surface area contributed by atoms with Crippen LogP contribution in [-0.2, 0) is 0 Å². The summed E-state index contributed by atoms with van der Waals surface area (Å²) < 4.78 is 0. The Balaban J connectivity index is 2.05. The summed E-state index contributed by atoms with van der Waals surface area (Å²) in [5.74, 6) is -0.0834.